The minimum atomic E-state index is 0.249. The van der Waals surface area contributed by atoms with Crippen LogP contribution in [0.5, 0.6) is 0 Å². The van der Waals surface area contributed by atoms with Gasteiger partial charge in [-0.1, -0.05) is 70.4 Å². The van der Waals surface area contributed by atoms with E-state index in [0.29, 0.717) is 6.17 Å². The highest BCUT2D eigenvalue weighted by Gasteiger charge is 2.35. The number of quaternary nitrogens is 1. The van der Waals surface area contributed by atoms with Crippen LogP contribution in [0.15, 0.2) is 24.6 Å². The van der Waals surface area contributed by atoms with Gasteiger partial charge in [0.2, 0.25) is 0 Å². The van der Waals surface area contributed by atoms with Crippen LogP contribution in [0, 0.1) is 0 Å². The molecule has 0 amide bonds. The van der Waals surface area contributed by atoms with Crippen LogP contribution < -0.4 is 5.32 Å². The van der Waals surface area contributed by atoms with Gasteiger partial charge >= 0.3 is 0 Å². The lowest BCUT2D eigenvalue weighted by atomic mass is 10.1. The molecule has 0 aromatic rings. The summed E-state index contributed by atoms with van der Waals surface area (Å²) in [5.41, 5.74) is 0. The molecular formula is C21H41N2O+. The van der Waals surface area contributed by atoms with E-state index < -0.39 is 0 Å². The van der Waals surface area contributed by atoms with Crippen molar-refractivity contribution in [2.75, 3.05) is 19.7 Å². The van der Waals surface area contributed by atoms with Gasteiger partial charge in [0.25, 0.3) is 0 Å². The summed E-state index contributed by atoms with van der Waals surface area (Å²) in [4.78, 5) is 0. The van der Waals surface area contributed by atoms with Crippen molar-refractivity contribution in [2.24, 2.45) is 0 Å². The fraction of sp³-hybridized carbons (Fsp3) is 0.810. The fourth-order valence-corrected chi connectivity index (χ4v) is 3.65. The molecule has 0 spiro atoms. The first-order chi connectivity index (χ1) is 11.8. The van der Waals surface area contributed by atoms with Crippen LogP contribution in [0.1, 0.15) is 84.5 Å². The fourth-order valence-electron chi connectivity index (χ4n) is 3.65. The van der Waals surface area contributed by atoms with E-state index in [1.54, 1.807) is 0 Å². The van der Waals surface area contributed by atoms with Crippen molar-refractivity contribution in [1.82, 2.24) is 5.32 Å². The lowest BCUT2D eigenvalue weighted by Crippen LogP contribution is -2.53. The number of hydrogen-bond acceptors (Lipinski definition) is 2. The van der Waals surface area contributed by atoms with Crippen LogP contribution >= 0.6 is 0 Å². The zero-order valence-corrected chi connectivity index (χ0v) is 16.2. The molecule has 0 aromatic heterocycles. The second-order valence-electron chi connectivity index (χ2n) is 7.19. The lowest BCUT2D eigenvalue weighted by molar-refractivity contribution is -0.899. The van der Waals surface area contributed by atoms with Crippen molar-refractivity contribution in [3.05, 3.63) is 24.6 Å². The van der Waals surface area contributed by atoms with E-state index in [0.717, 1.165) is 24.0 Å². The normalized spacial score (nSPS) is 23.2. The summed E-state index contributed by atoms with van der Waals surface area (Å²) in [6.07, 6.45) is 24.1. The van der Waals surface area contributed by atoms with E-state index in [9.17, 15) is 5.11 Å². The Bertz CT molecular complexity index is 354. The standard InChI is InChI=1S/C21H41N2O/c1-3-5-6-7-8-9-10-11-12-13-14-15-16-21-22-17-18-23(21,4-2)19-20-24/h14-15,17-18,21-22,24H,3-13,16,19-20H2,1-2H3/q+1/b15-14+. The molecule has 1 aliphatic heterocycles. The molecule has 1 heterocycles. The summed E-state index contributed by atoms with van der Waals surface area (Å²) in [6, 6.07) is 0. The zero-order chi connectivity index (χ0) is 17.5. The van der Waals surface area contributed by atoms with Gasteiger partial charge in [-0.3, -0.25) is 4.48 Å². The predicted molar refractivity (Wildman–Crippen MR) is 104 cm³/mol. The Labute approximate surface area is 150 Å². The largest absolute Gasteiger partial charge is 0.390 e. The van der Waals surface area contributed by atoms with Gasteiger partial charge in [0.05, 0.1) is 19.4 Å². The Morgan fingerprint density at radius 2 is 1.62 bits per heavy atom. The monoisotopic (exact) mass is 337 g/mol. The molecule has 0 aliphatic carbocycles. The number of rotatable bonds is 15. The molecular weight excluding hydrogens is 296 g/mol. The van der Waals surface area contributed by atoms with Gasteiger partial charge in [-0.15, -0.1) is 0 Å². The van der Waals surface area contributed by atoms with Gasteiger partial charge in [0.1, 0.15) is 12.7 Å². The smallest absolute Gasteiger partial charge is 0.169 e. The van der Waals surface area contributed by atoms with Crippen molar-refractivity contribution in [2.45, 2.75) is 90.6 Å². The van der Waals surface area contributed by atoms with Crippen LogP contribution in [0.2, 0.25) is 0 Å². The van der Waals surface area contributed by atoms with E-state index in [1.165, 1.54) is 64.2 Å². The maximum absolute atomic E-state index is 9.32. The summed E-state index contributed by atoms with van der Waals surface area (Å²) >= 11 is 0. The van der Waals surface area contributed by atoms with E-state index in [2.05, 4.69) is 43.7 Å². The third kappa shape index (κ3) is 7.85. The second kappa shape index (κ2) is 13.5. The van der Waals surface area contributed by atoms with Crippen LogP contribution in [0.3, 0.4) is 0 Å². The molecule has 24 heavy (non-hydrogen) atoms. The van der Waals surface area contributed by atoms with Gasteiger partial charge in [0, 0.05) is 6.42 Å². The zero-order valence-electron chi connectivity index (χ0n) is 16.2. The van der Waals surface area contributed by atoms with Crippen LogP contribution in [0.4, 0.5) is 0 Å². The molecule has 0 radical (unpaired) electrons. The Kier molecular flexibility index (Phi) is 11.9. The molecule has 2 N–H and O–H groups in total. The van der Waals surface area contributed by atoms with Gasteiger partial charge in [0.15, 0.2) is 6.17 Å². The first-order valence-corrected chi connectivity index (χ1v) is 10.3. The van der Waals surface area contributed by atoms with Crippen molar-refractivity contribution in [3.8, 4) is 0 Å². The van der Waals surface area contributed by atoms with Crippen molar-refractivity contribution < 1.29 is 9.59 Å². The van der Waals surface area contributed by atoms with E-state index in [4.69, 9.17) is 0 Å². The van der Waals surface area contributed by atoms with Crippen molar-refractivity contribution in [3.63, 3.8) is 0 Å². The molecule has 0 aromatic carbocycles. The molecule has 1 rings (SSSR count). The van der Waals surface area contributed by atoms with Gasteiger partial charge < -0.3 is 10.4 Å². The average Bonchev–Trinajstić information content (AvgIpc) is 2.99. The highest BCUT2D eigenvalue weighted by molar-refractivity contribution is 4.91. The summed E-state index contributed by atoms with van der Waals surface area (Å²) in [7, 11) is 0. The molecule has 0 fully saturated rings. The third-order valence-electron chi connectivity index (χ3n) is 5.39. The minimum absolute atomic E-state index is 0.249. The molecule has 2 atom stereocenters. The van der Waals surface area contributed by atoms with Crippen LogP contribution in [-0.4, -0.2) is 35.5 Å². The average molecular weight is 338 g/mol. The van der Waals surface area contributed by atoms with Gasteiger partial charge in [-0.25, -0.2) is 0 Å². The molecule has 1 aliphatic rings. The van der Waals surface area contributed by atoms with Crippen LogP contribution in [0.25, 0.3) is 0 Å². The molecule has 3 heteroatoms. The molecule has 3 nitrogen and oxygen atoms in total. The molecule has 0 saturated heterocycles. The number of aliphatic hydroxyl groups excluding tert-OH is 1. The summed E-state index contributed by atoms with van der Waals surface area (Å²) in [6.45, 7) is 6.56. The number of unbranched alkanes of at least 4 members (excludes halogenated alkanes) is 9. The Hall–Kier alpha value is -0.800. The molecule has 2 unspecified atom stereocenters. The van der Waals surface area contributed by atoms with E-state index >= 15 is 0 Å². The Morgan fingerprint density at radius 3 is 2.25 bits per heavy atom. The first-order valence-electron chi connectivity index (χ1n) is 10.3. The Balaban J connectivity index is 2.03. The second-order valence-corrected chi connectivity index (χ2v) is 7.19. The number of nitrogens with zero attached hydrogens (tertiary/aromatic N) is 1. The third-order valence-corrected chi connectivity index (χ3v) is 5.39. The highest BCUT2D eigenvalue weighted by atomic mass is 16.3. The SMILES string of the molecule is CCCCCCCCCCC/C=C/CC1NC=C[N+]1(CC)CCO. The van der Waals surface area contributed by atoms with Gasteiger partial charge in [-0.2, -0.15) is 0 Å². The van der Waals surface area contributed by atoms with Gasteiger partial charge in [-0.05, 0) is 19.8 Å². The van der Waals surface area contributed by atoms with Crippen molar-refractivity contribution in [1.29, 1.82) is 0 Å². The highest BCUT2D eigenvalue weighted by Crippen LogP contribution is 2.21. The number of likely N-dealkylation sites (N-methyl/N-ethyl adjacent to an activating group) is 1. The van der Waals surface area contributed by atoms with Crippen LogP contribution in [-0.2, 0) is 0 Å². The summed E-state index contributed by atoms with van der Waals surface area (Å²) in [5.74, 6) is 0. The number of nitrogens with one attached hydrogen (secondary N) is 1. The summed E-state index contributed by atoms with van der Waals surface area (Å²) in [5, 5.41) is 12.8. The molecule has 0 bridgehead atoms. The Morgan fingerprint density at radius 1 is 0.958 bits per heavy atom. The first kappa shape index (κ1) is 21.2. The molecule has 140 valence electrons. The number of allylic oxidation sites excluding steroid dienone is 1. The number of aliphatic hydroxyl groups is 1. The minimum Gasteiger partial charge on any atom is -0.390 e. The topological polar surface area (TPSA) is 32.3 Å². The van der Waals surface area contributed by atoms with E-state index in [-0.39, 0.29) is 6.61 Å². The number of hydrogen-bond donors (Lipinski definition) is 2. The quantitative estimate of drug-likeness (QED) is 0.248. The molecule has 0 saturated carbocycles. The van der Waals surface area contributed by atoms with E-state index in [1.807, 2.05) is 0 Å². The lowest BCUT2D eigenvalue weighted by Gasteiger charge is -2.36. The van der Waals surface area contributed by atoms with Crippen molar-refractivity contribution >= 4 is 0 Å². The maximum Gasteiger partial charge on any atom is 0.169 e. The maximum atomic E-state index is 9.32. The summed E-state index contributed by atoms with van der Waals surface area (Å²) < 4.78 is 0.860. The predicted octanol–water partition coefficient (Wildman–Crippen LogP) is 5.08.